The molecule has 4 rings (SSSR count). The molecule has 0 amide bonds. The average molecular weight is 385 g/mol. The third kappa shape index (κ3) is 3.08. The zero-order chi connectivity index (χ0) is 20.0. The first-order valence-corrected chi connectivity index (χ1v) is 9.17. The van der Waals surface area contributed by atoms with Gasteiger partial charge in [0.1, 0.15) is 5.82 Å². The molecule has 1 aromatic heterocycles. The SMILES string of the molecule is C#Cc1c(N2CCNC(C)C2)c(F)cc2c(=O)c(OC(=O)O)cn(C3CC3)c12. The summed E-state index contributed by atoms with van der Waals surface area (Å²) in [5.74, 6) is 1.64. The van der Waals surface area contributed by atoms with Crippen LogP contribution < -0.4 is 20.4 Å². The van der Waals surface area contributed by atoms with E-state index in [-0.39, 0.29) is 23.2 Å². The van der Waals surface area contributed by atoms with Gasteiger partial charge in [0.25, 0.3) is 0 Å². The molecule has 7 nitrogen and oxygen atoms in total. The van der Waals surface area contributed by atoms with Crippen LogP contribution in [0.3, 0.4) is 0 Å². The predicted molar refractivity (Wildman–Crippen MR) is 103 cm³/mol. The topological polar surface area (TPSA) is 83.8 Å². The summed E-state index contributed by atoms with van der Waals surface area (Å²) in [6.07, 6.45) is 7.30. The van der Waals surface area contributed by atoms with Crippen molar-refractivity contribution in [3.63, 3.8) is 0 Å². The Morgan fingerprint density at radius 1 is 1.46 bits per heavy atom. The monoisotopic (exact) mass is 385 g/mol. The van der Waals surface area contributed by atoms with Gasteiger partial charge in [-0.15, -0.1) is 6.42 Å². The molecule has 0 radical (unpaired) electrons. The lowest BCUT2D eigenvalue weighted by Crippen LogP contribution is -2.49. The Bertz CT molecular complexity index is 1070. The summed E-state index contributed by atoms with van der Waals surface area (Å²) < 4.78 is 21.5. The standard InChI is InChI=1S/C20H20FN3O4/c1-3-13-17-14(8-15(21)18(13)23-7-6-22-11(2)9-23)19(25)16(28-20(26)27)10-24(17)12-4-5-12/h1,8,10-12,22H,4-7,9H2,2H3,(H,26,27). The molecule has 146 valence electrons. The second kappa shape index (κ2) is 6.84. The number of terminal acetylenes is 1. The number of fused-ring (bicyclic) bond motifs is 1. The van der Waals surface area contributed by atoms with Crippen LogP contribution in [0.15, 0.2) is 17.1 Å². The van der Waals surface area contributed by atoms with Crippen molar-refractivity contribution in [3.8, 4) is 18.1 Å². The van der Waals surface area contributed by atoms with Crippen molar-refractivity contribution < 1.29 is 19.0 Å². The minimum absolute atomic E-state index is 0.0306. The molecule has 1 saturated carbocycles. The highest BCUT2D eigenvalue weighted by Gasteiger charge is 2.30. The van der Waals surface area contributed by atoms with Gasteiger partial charge >= 0.3 is 6.16 Å². The van der Waals surface area contributed by atoms with Gasteiger partial charge in [-0.05, 0) is 25.8 Å². The highest BCUT2D eigenvalue weighted by molar-refractivity contribution is 5.92. The van der Waals surface area contributed by atoms with Crippen molar-refractivity contribution in [2.24, 2.45) is 0 Å². The van der Waals surface area contributed by atoms with Crippen molar-refractivity contribution in [2.75, 3.05) is 24.5 Å². The molecule has 1 aliphatic heterocycles. The number of piperazine rings is 1. The molecule has 2 fully saturated rings. The molecule has 8 heteroatoms. The number of anilines is 1. The molecule has 1 atom stereocenters. The van der Waals surface area contributed by atoms with Gasteiger partial charge in [0.2, 0.25) is 5.43 Å². The third-order valence-electron chi connectivity index (χ3n) is 5.18. The van der Waals surface area contributed by atoms with Crippen LogP contribution in [0.2, 0.25) is 0 Å². The number of carbonyl (C=O) groups is 1. The van der Waals surface area contributed by atoms with Crippen LogP contribution in [0.25, 0.3) is 10.9 Å². The fraction of sp³-hybridized carbons (Fsp3) is 0.400. The fourth-order valence-electron chi connectivity index (χ4n) is 3.84. The minimum atomic E-state index is -1.59. The molecule has 2 aromatic rings. The first kappa shape index (κ1) is 18.3. The van der Waals surface area contributed by atoms with Crippen LogP contribution >= 0.6 is 0 Å². The lowest BCUT2D eigenvalue weighted by molar-refractivity contribution is 0.143. The molecule has 1 aliphatic carbocycles. The second-order valence-electron chi connectivity index (χ2n) is 7.25. The number of hydrogen-bond donors (Lipinski definition) is 2. The van der Waals surface area contributed by atoms with Gasteiger partial charge in [-0.1, -0.05) is 5.92 Å². The fourth-order valence-corrected chi connectivity index (χ4v) is 3.84. The van der Waals surface area contributed by atoms with E-state index in [1.54, 1.807) is 4.57 Å². The molecule has 28 heavy (non-hydrogen) atoms. The highest BCUT2D eigenvalue weighted by Crippen LogP contribution is 2.40. The molecule has 2 N–H and O–H groups in total. The Labute approximate surface area is 160 Å². The Kier molecular flexibility index (Phi) is 4.47. The first-order valence-electron chi connectivity index (χ1n) is 9.17. The van der Waals surface area contributed by atoms with Crippen molar-refractivity contribution in [1.29, 1.82) is 0 Å². The number of halogens is 1. The summed E-state index contributed by atoms with van der Waals surface area (Å²) in [7, 11) is 0. The van der Waals surface area contributed by atoms with Gasteiger partial charge in [0.05, 0.1) is 28.4 Å². The molecule has 2 heterocycles. The van der Waals surface area contributed by atoms with Crippen LogP contribution in [-0.4, -0.2) is 41.5 Å². The Hall–Kier alpha value is -3.05. The maximum atomic E-state index is 15.1. The van der Waals surface area contributed by atoms with Crippen LogP contribution in [0.5, 0.6) is 5.75 Å². The van der Waals surface area contributed by atoms with E-state index in [2.05, 4.69) is 16.0 Å². The number of ether oxygens (including phenoxy) is 1. The van der Waals surface area contributed by atoms with Gasteiger partial charge in [0.15, 0.2) is 5.75 Å². The smallest absolute Gasteiger partial charge is 0.449 e. The zero-order valence-corrected chi connectivity index (χ0v) is 15.4. The predicted octanol–water partition coefficient (Wildman–Crippen LogP) is 2.31. The number of rotatable bonds is 3. The van der Waals surface area contributed by atoms with E-state index in [1.165, 1.54) is 6.20 Å². The molecule has 1 saturated heterocycles. The summed E-state index contributed by atoms with van der Waals surface area (Å²) >= 11 is 0. The Morgan fingerprint density at radius 2 is 2.21 bits per heavy atom. The lowest BCUT2D eigenvalue weighted by Gasteiger charge is -2.35. The second-order valence-corrected chi connectivity index (χ2v) is 7.25. The van der Waals surface area contributed by atoms with E-state index < -0.39 is 17.4 Å². The normalized spacial score (nSPS) is 19.5. The van der Waals surface area contributed by atoms with Crippen molar-refractivity contribution >= 4 is 22.7 Å². The third-order valence-corrected chi connectivity index (χ3v) is 5.18. The quantitative estimate of drug-likeness (QED) is 0.623. The zero-order valence-electron chi connectivity index (χ0n) is 15.4. The molecule has 1 aromatic carbocycles. The summed E-state index contributed by atoms with van der Waals surface area (Å²) in [6.45, 7) is 3.89. The number of nitrogens with zero attached hydrogens (tertiary/aromatic N) is 2. The molecule has 0 bridgehead atoms. The molecule has 0 spiro atoms. The minimum Gasteiger partial charge on any atom is -0.449 e. The number of hydrogen-bond acceptors (Lipinski definition) is 5. The van der Waals surface area contributed by atoms with Crippen molar-refractivity contribution in [1.82, 2.24) is 9.88 Å². The first-order chi connectivity index (χ1) is 13.4. The Morgan fingerprint density at radius 3 is 2.82 bits per heavy atom. The number of benzene rings is 1. The lowest BCUT2D eigenvalue weighted by atomic mass is 10.0. The van der Waals surface area contributed by atoms with E-state index in [4.69, 9.17) is 11.5 Å². The largest absolute Gasteiger partial charge is 0.511 e. The Balaban J connectivity index is 2.01. The van der Waals surface area contributed by atoms with Gasteiger partial charge < -0.3 is 24.6 Å². The van der Waals surface area contributed by atoms with Crippen LogP contribution in [0.1, 0.15) is 31.4 Å². The van der Waals surface area contributed by atoms with Crippen molar-refractivity contribution in [2.45, 2.75) is 31.8 Å². The number of carboxylic acid groups (broad SMARTS) is 1. The molecular formula is C20H20FN3O4. The maximum Gasteiger partial charge on any atom is 0.511 e. The van der Waals surface area contributed by atoms with E-state index in [0.29, 0.717) is 36.4 Å². The molecule has 1 unspecified atom stereocenters. The van der Waals surface area contributed by atoms with Gasteiger partial charge in [-0.3, -0.25) is 4.79 Å². The van der Waals surface area contributed by atoms with Crippen LogP contribution in [-0.2, 0) is 0 Å². The number of aromatic nitrogens is 1. The van der Waals surface area contributed by atoms with E-state index in [0.717, 1.165) is 18.9 Å². The number of pyridine rings is 1. The maximum absolute atomic E-state index is 15.1. The van der Waals surface area contributed by atoms with E-state index in [1.807, 2.05) is 11.8 Å². The summed E-state index contributed by atoms with van der Waals surface area (Å²) in [6, 6.07) is 1.40. The molecular weight excluding hydrogens is 365 g/mol. The van der Waals surface area contributed by atoms with E-state index in [9.17, 15) is 9.59 Å². The van der Waals surface area contributed by atoms with Gasteiger partial charge in [-0.25, -0.2) is 9.18 Å². The van der Waals surface area contributed by atoms with Crippen molar-refractivity contribution in [3.05, 3.63) is 33.9 Å². The van der Waals surface area contributed by atoms with Crippen LogP contribution in [0.4, 0.5) is 14.9 Å². The highest BCUT2D eigenvalue weighted by atomic mass is 19.1. The average Bonchev–Trinajstić information content (AvgIpc) is 3.48. The van der Waals surface area contributed by atoms with E-state index >= 15 is 4.39 Å². The number of nitrogens with one attached hydrogen (secondary N) is 1. The summed E-state index contributed by atoms with van der Waals surface area (Å²) in [4.78, 5) is 25.6. The summed E-state index contributed by atoms with van der Waals surface area (Å²) in [5, 5.41) is 12.3. The summed E-state index contributed by atoms with van der Waals surface area (Å²) in [5.41, 5.74) is 0.388. The van der Waals surface area contributed by atoms with Gasteiger partial charge in [-0.2, -0.15) is 0 Å². The molecule has 2 aliphatic rings. The van der Waals surface area contributed by atoms with Crippen LogP contribution in [0, 0.1) is 18.2 Å². The van der Waals surface area contributed by atoms with Gasteiger partial charge in [0, 0.05) is 31.7 Å².